The van der Waals surface area contributed by atoms with Crippen LogP contribution in [-0.4, -0.2) is 47.2 Å². The fourth-order valence-corrected chi connectivity index (χ4v) is 3.36. The van der Waals surface area contributed by atoms with Gasteiger partial charge in [-0.25, -0.2) is 5.10 Å². The highest BCUT2D eigenvalue weighted by molar-refractivity contribution is 5.94. The van der Waals surface area contributed by atoms with Gasteiger partial charge in [-0.2, -0.15) is 5.10 Å². The van der Waals surface area contributed by atoms with Crippen LogP contribution in [-0.2, 0) is 6.42 Å². The summed E-state index contributed by atoms with van der Waals surface area (Å²) in [5.74, 6) is 0.0626. The molecule has 1 amide bonds. The van der Waals surface area contributed by atoms with Gasteiger partial charge in [0.2, 0.25) is 0 Å². The van der Waals surface area contributed by atoms with Gasteiger partial charge in [-0.05, 0) is 23.8 Å². The summed E-state index contributed by atoms with van der Waals surface area (Å²) in [6.07, 6.45) is 0.556. The number of aromatic amines is 1. The van der Waals surface area contributed by atoms with Gasteiger partial charge in [0, 0.05) is 43.5 Å². The topological polar surface area (TPSA) is 78.1 Å². The first-order chi connectivity index (χ1) is 12.7. The standard InChI is InChI=1S/C20H20N4O2.ClH/c25-19-17-7-2-1-6-16(17)18(22-23-19)13-14-4-3-5-15(12-14)20(26)24-10-8-21-9-11-24;/h1-7,12,21H,8-11,13H2,(H,23,25);1H. The number of benzene rings is 2. The number of piperazine rings is 1. The van der Waals surface area contributed by atoms with Crippen molar-refractivity contribution in [3.8, 4) is 0 Å². The van der Waals surface area contributed by atoms with E-state index in [0.29, 0.717) is 17.4 Å². The molecule has 1 fully saturated rings. The number of carbonyl (C=O) groups is 1. The predicted molar refractivity (Wildman–Crippen MR) is 108 cm³/mol. The number of carbonyl (C=O) groups excluding carboxylic acids is 1. The van der Waals surface area contributed by atoms with Crippen LogP contribution >= 0.6 is 12.4 Å². The maximum atomic E-state index is 12.7. The molecule has 0 aliphatic carbocycles. The first-order valence-electron chi connectivity index (χ1n) is 8.77. The number of H-pyrrole nitrogens is 1. The van der Waals surface area contributed by atoms with E-state index < -0.39 is 0 Å². The number of amides is 1. The molecule has 1 aliphatic heterocycles. The summed E-state index contributed by atoms with van der Waals surface area (Å²) in [6, 6.07) is 15.1. The molecule has 2 aromatic carbocycles. The smallest absolute Gasteiger partial charge is 0.272 e. The second kappa shape index (κ2) is 8.33. The first kappa shape index (κ1) is 19.1. The van der Waals surface area contributed by atoms with Gasteiger partial charge in [-0.3, -0.25) is 9.59 Å². The zero-order valence-electron chi connectivity index (χ0n) is 14.8. The normalized spacial score (nSPS) is 14.0. The van der Waals surface area contributed by atoms with Gasteiger partial charge in [-0.15, -0.1) is 12.4 Å². The number of aromatic nitrogens is 2. The average Bonchev–Trinajstić information content (AvgIpc) is 2.71. The molecular formula is C20H21ClN4O2. The van der Waals surface area contributed by atoms with Crippen molar-refractivity contribution < 1.29 is 4.79 Å². The number of halogens is 1. The molecule has 140 valence electrons. The minimum absolute atomic E-state index is 0. The van der Waals surface area contributed by atoms with Gasteiger partial charge in [0.25, 0.3) is 11.5 Å². The Bertz CT molecular complexity index is 1010. The van der Waals surface area contributed by atoms with Gasteiger partial charge >= 0.3 is 0 Å². The summed E-state index contributed by atoms with van der Waals surface area (Å²) < 4.78 is 0. The molecule has 0 bridgehead atoms. The van der Waals surface area contributed by atoms with Crippen molar-refractivity contribution in [2.45, 2.75) is 6.42 Å². The number of fused-ring (bicyclic) bond motifs is 1. The lowest BCUT2D eigenvalue weighted by molar-refractivity contribution is 0.0735. The van der Waals surface area contributed by atoms with E-state index in [2.05, 4.69) is 15.5 Å². The molecule has 4 rings (SSSR count). The van der Waals surface area contributed by atoms with E-state index in [0.717, 1.165) is 42.8 Å². The predicted octanol–water partition coefficient (Wildman–Crippen LogP) is 1.98. The maximum Gasteiger partial charge on any atom is 0.272 e. The van der Waals surface area contributed by atoms with Crippen LogP contribution in [0.1, 0.15) is 21.6 Å². The molecule has 0 atom stereocenters. The van der Waals surface area contributed by atoms with Crippen molar-refractivity contribution >= 4 is 29.1 Å². The minimum Gasteiger partial charge on any atom is -0.336 e. The van der Waals surface area contributed by atoms with Crippen molar-refractivity contribution in [1.29, 1.82) is 0 Å². The largest absolute Gasteiger partial charge is 0.336 e. The first-order valence-corrected chi connectivity index (χ1v) is 8.77. The molecule has 0 radical (unpaired) electrons. The molecule has 3 aromatic rings. The van der Waals surface area contributed by atoms with Crippen LogP contribution < -0.4 is 10.9 Å². The Morgan fingerprint density at radius 2 is 1.78 bits per heavy atom. The molecule has 1 saturated heterocycles. The second-order valence-corrected chi connectivity index (χ2v) is 6.46. The SMILES string of the molecule is Cl.O=C(c1cccc(Cc2n[nH]c(=O)c3ccccc23)c1)N1CCNCC1. The van der Waals surface area contributed by atoms with E-state index in [1.165, 1.54) is 0 Å². The highest BCUT2D eigenvalue weighted by Crippen LogP contribution is 2.17. The Kier molecular flexibility index (Phi) is 5.88. The van der Waals surface area contributed by atoms with E-state index in [1.807, 2.05) is 47.4 Å². The van der Waals surface area contributed by atoms with Crippen molar-refractivity contribution in [3.05, 3.63) is 75.7 Å². The van der Waals surface area contributed by atoms with Gasteiger partial charge in [0.05, 0.1) is 11.1 Å². The Morgan fingerprint density at radius 3 is 2.56 bits per heavy atom. The molecule has 1 aromatic heterocycles. The highest BCUT2D eigenvalue weighted by Gasteiger charge is 2.18. The molecule has 0 spiro atoms. The molecule has 2 heterocycles. The monoisotopic (exact) mass is 384 g/mol. The van der Waals surface area contributed by atoms with Crippen molar-refractivity contribution in [3.63, 3.8) is 0 Å². The molecule has 2 N–H and O–H groups in total. The van der Waals surface area contributed by atoms with E-state index >= 15 is 0 Å². The third-order valence-corrected chi connectivity index (χ3v) is 4.72. The lowest BCUT2D eigenvalue weighted by Crippen LogP contribution is -2.46. The highest BCUT2D eigenvalue weighted by atomic mass is 35.5. The van der Waals surface area contributed by atoms with Crippen LogP contribution in [0.25, 0.3) is 10.8 Å². The zero-order valence-corrected chi connectivity index (χ0v) is 15.6. The zero-order chi connectivity index (χ0) is 17.9. The molecular weight excluding hydrogens is 364 g/mol. The van der Waals surface area contributed by atoms with Crippen molar-refractivity contribution in [1.82, 2.24) is 20.4 Å². The number of nitrogens with one attached hydrogen (secondary N) is 2. The van der Waals surface area contributed by atoms with Crippen LogP contribution in [0.3, 0.4) is 0 Å². The van der Waals surface area contributed by atoms with E-state index in [4.69, 9.17) is 0 Å². The summed E-state index contributed by atoms with van der Waals surface area (Å²) in [7, 11) is 0. The lowest BCUT2D eigenvalue weighted by Gasteiger charge is -2.27. The molecule has 1 aliphatic rings. The van der Waals surface area contributed by atoms with Crippen LogP contribution in [0.5, 0.6) is 0 Å². The molecule has 6 nitrogen and oxygen atoms in total. The van der Waals surface area contributed by atoms with Gasteiger partial charge in [-0.1, -0.05) is 30.3 Å². The van der Waals surface area contributed by atoms with Gasteiger partial charge < -0.3 is 10.2 Å². The maximum absolute atomic E-state index is 12.7. The molecule has 0 saturated carbocycles. The van der Waals surface area contributed by atoms with Gasteiger partial charge in [0.1, 0.15) is 0 Å². The van der Waals surface area contributed by atoms with Crippen LogP contribution in [0.2, 0.25) is 0 Å². The van der Waals surface area contributed by atoms with Crippen molar-refractivity contribution in [2.24, 2.45) is 0 Å². The summed E-state index contributed by atoms with van der Waals surface area (Å²) in [4.78, 5) is 26.5. The lowest BCUT2D eigenvalue weighted by atomic mass is 10.0. The second-order valence-electron chi connectivity index (χ2n) is 6.46. The molecule has 7 heteroatoms. The van der Waals surface area contributed by atoms with Crippen LogP contribution in [0.4, 0.5) is 0 Å². The summed E-state index contributed by atoms with van der Waals surface area (Å²) in [5.41, 5.74) is 2.30. The number of hydrogen-bond donors (Lipinski definition) is 2. The third-order valence-electron chi connectivity index (χ3n) is 4.72. The Labute approximate surface area is 163 Å². The quantitative estimate of drug-likeness (QED) is 0.723. The molecule has 0 unspecified atom stereocenters. The van der Waals surface area contributed by atoms with Crippen LogP contribution in [0.15, 0.2) is 53.3 Å². The Morgan fingerprint density at radius 1 is 1.04 bits per heavy atom. The number of nitrogens with zero attached hydrogens (tertiary/aromatic N) is 2. The third kappa shape index (κ3) is 4.02. The van der Waals surface area contributed by atoms with Gasteiger partial charge in [0.15, 0.2) is 0 Å². The minimum atomic E-state index is -0.188. The van der Waals surface area contributed by atoms with E-state index in [-0.39, 0.29) is 23.9 Å². The Hall–Kier alpha value is -2.70. The number of hydrogen-bond acceptors (Lipinski definition) is 4. The Balaban J connectivity index is 0.00000210. The summed E-state index contributed by atoms with van der Waals surface area (Å²) in [6.45, 7) is 3.13. The van der Waals surface area contributed by atoms with Crippen LogP contribution in [0, 0.1) is 0 Å². The summed E-state index contributed by atoms with van der Waals surface area (Å²) >= 11 is 0. The molecule has 27 heavy (non-hydrogen) atoms. The van der Waals surface area contributed by atoms with E-state index in [9.17, 15) is 9.59 Å². The summed E-state index contributed by atoms with van der Waals surface area (Å²) in [5, 5.41) is 11.5. The fourth-order valence-electron chi connectivity index (χ4n) is 3.36. The average molecular weight is 385 g/mol. The number of rotatable bonds is 3. The van der Waals surface area contributed by atoms with E-state index in [1.54, 1.807) is 6.07 Å². The van der Waals surface area contributed by atoms with Crippen molar-refractivity contribution in [2.75, 3.05) is 26.2 Å². The fraction of sp³-hybridized carbons (Fsp3) is 0.250.